The molecule has 5 heteroatoms. The van der Waals surface area contributed by atoms with Gasteiger partial charge in [0.05, 0.1) is 6.10 Å². The van der Waals surface area contributed by atoms with Crippen molar-refractivity contribution in [3.8, 4) is 0 Å². The van der Waals surface area contributed by atoms with Gasteiger partial charge >= 0.3 is 0 Å². The van der Waals surface area contributed by atoms with Crippen LogP contribution in [-0.2, 0) is 4.74 Å². The summed E-state index contributed by atoms with van der Waals surface area (Å²) in [6, 6.07) is 7.25. The molecular formula is C13H16N2O2S. The molecule has 1 aromatic carbocycles. The van der Waals surface area contributed by atoms with Crippen molar-refractivity contribution in [2.45, 2.75) is 25.0 Å². The molecule has 96 valence electrons. The summed E-state index contributed by atoms with van der Waals surface area (Å²) in [5.41, 5.74) is 6.83. The number of benzene rings is 1. The van der Waals surface area contributed by atoms with E-state index in [0.29, 0.717) is 16.1 Å². The molecule has 1 aliphatic carbocycles. The molecule has 1 amide bonds. The van der Waals surface area contributed by atoms with Crippen molar-refractivity contribution >= 4 is 23.1 Å². The number of nitrogens with two attached hydrogens (primary N) is 1. The van der Waals surface area contributed by atoms with Gasteiger partial charge in [0.25, 0.3) is 5.91 Å². The number of nitrogens with one attached hydrogen (secondary N) is 1. The van der Waals surface area contributed by atoms with Crippen LogP contribution in [0.25, 0.3) is 0 Å². The van der Waals surface area contributed by atoms with Gasteiger partial charge in [0.15, 0.2) is 0 Å². The van der Waals surface area contributed by atoms with E-state index in [1.54, 1.807) is 31.4 Å². The Bertz CT molecular complexity index is 470. The average molecular weight is 264 g/mol. The second-order valence-corrected chi connectivity index (χ2v) is 4.88. The highest BCUT2D eigenvalue weighted by molar-refractivity contribution is 7.80. The van der Waals surface area contributed by atoms with Gasteiger partial charge in [-0.15, -0.1) is 0 Å². The van der Waals surface area contributed by atoms with Crippen LogP contribution in [0.5, 0.6) is 0 Å². The molecule has 1 aliphatic rings. The Balaban J connectivity index is 1.97. The fourth-order valence-corrected chi connectivity index (χ4v) is 2.09. The van der Waals surface area contributed by atoms with Crippen LogP contribution in [0.3, 0.4) is 0 Å². The Morgan fingerprint density at radius 1 is 1.44 bits per heavy atom. The Hall–Kier alpha value is -1.46. The van der Waals surface area contributed by atoms with Crippen molar-refractivity contribution in [1.29, 1.82) is 0 Å². The molecule has 4 nitrogen and oxygen atoms in total. The third kappa shape index (κ3) is 2.86. The molecule has 18 heavy (non-hydrogen) atoms. The number of carbonyl (C=O) groups excluding carboxylic acids is 1. The lowest BCUT2D eigenvalue weighted by Crippen LogP contribution is -2.47. The summed E-state index contributed by atoms with van der Waals surface area (Å²) in [7, 11) is 1.69. The normalized spacial score (nSPS) is 22.1. The van der Waals surface area contributed by atoms with Crippen molar-refractivity contribution in [2.24, 2.45) is 5.73 Å². The molecular weight excluding hydrogens is 248 g/mol. The van der Waals surface area contributed by atoms with E-state index < -0.39 is 0 Å². The standard InChI is InChI=1S/C13H16N2O2S/c1-17-11-6-10(7-11)15-13(16)9-4-2-3-8(5-9)12(14)18/h2-5,10-11H,6-7H2,1H3,(H2,14,18)(H,15,16). The minimum Gasteiger partial charge on any atom is -0.389 e. The van der Waals surface area contributed by atoms with Crippen LogP contribution in [0.15, 0.2) is 24.3 Å². The quantitative estimate of drug-likeness (QED) is 0.803. The van der Waals surface area contributed by atoms with Gasteiger partial charge in [-0.3, -0.25) is 4.79 Å². The summed E-state index contributed by atoms with van der Waals surface area (Å²) in [6.07, 6.45) is 2.02. The zero-order chi connectivity index (χ0) is 13.1. The van der Waals surface area contributed by atoms with E-state index in [9.17, 15) is 4.79 Å². The second kappa shape index (κ2) is 5.46. The average Bonchev–Trinajstić information content (AvgIpc) is 2.33. The van der Waals surface area contributed by atoms with Gasteiger partial charge in [-0.05, 0) is 25.0 Å². The van der Waals surface area contributed by atoms with Gasteiger partial charge in [0.1, 0.15) is 4.99 Å². The number of carbonyl (C=O) groups is 1. The zero-order valence-electron chi connectivity index (χ0n) is 10.2. The van der Waals surface area contributed by atoms with Crippen LogP contribution in [0.2, 0.25) is 0 Å². The maximum absolute atomic E-state index is 12.0. The molecule has 0 unspecified atom stereocenters. The molecule has 2 rings (SSSR count). The van der Waals surface area contributed by atoms with Crippen molar-refractivity contribution in [2.75, 3.05) is 7.11 Å². The highest BCUT2D eigenvalue weighted by Crippen LogP contribution is 2.22. The Labute approximate surface area is 112 Å². The Kier molecular flexibility index (Phi) is 3.93. The van der Waals surface area contributed by atoms with E-state index in [1.165, 1.54) is 0 Å². The summed E-state index contributed by atoms with van der Waals surface area (Å²) in [5, 5.41) is 2.96. The molecule has 0 aliphatic heterocycles. The van der Waals surface area contributed by atoms with Gasteiger partial charge in [0.2, 0.25) is 0 Å². The van der Waals surface area contributed by atoms with E-state index in [4.69, 9.17) is 22.7 Å². The molecule has 1 aromatic rings. The molecule has 3 N–H and O–H groups in total. The first-order chi connectivity index (χ1) is 8.60. The lowest BCUT2D eigenvalue weighted by Gasteiger charge is -2.34. The zero-order valence-corrected chi connectivity index (χ0v) is 11.0. The SMILES string of the molecule is COC1CC(NC(=O)c2cccc(C(N)=S)c2)C1. The maximum Gasteiger partial charge on any atom is 0.251 e. The lowest BCUT2D eigenvalue weighted by atomic mass is 9.89. The van der Waals surface area contributed by atoms with Crippen LogP contribution in [0, 0.1) is 0 Å². The summed E-state index contributed by atoms with van der Waals surface area (Å²) in [5.74, 6) is -0.0901. The summed E-state index contributed by atoms with van der Waals surface area (Å²) >= 11 is 4.89. The highest BCUT2D eigenvalue weighted by Gasteiger charge is 2.30. The van der Waals surface area contributed by atoms with Crippen LogP contribution in [0.1, 0.15) is 28.8 Å². The van der Waals surface area contributed by atoms with Crippen LogP contribution in [-0.4, -0.2) is 30.2 Å². The predicted molar refractivity (Wildman–Crippen MR) is 73.6 cm³/mol. The van der Waals surface area contributed by atoms with E-state index in [-0.39, 0.29) is 18.1 Å². The molecule has 0 heterocycles. The maximum atomic E-state index is 12.0. The van der Waals surface area contributed by atoms with Crippen LogP contribution < -0.4 is 11.1 Å². The van der Waals surface area contributed by atoms with E-state index in [0.717, 1.165) is 12.8 Å². The van der Waals surface area contributed by atoms with Crippen molar-refractivity contribution in [1.82, 2.24) is 5.32 Å². The highest BCUT2D eigenvalue weighted by atomic mass is 32.1. The lowest BCUT2D eigenvalue weighted by molar-refractivity contribution is 0.0176. The van der Waals surface area contributed by atoms with E-state index in [1.807, 2.05) is 0 Å². The van der Waals surface area contributed by atoms with Gasteiger partial charge in [-0.25, -0.2) is 0 Å². The predicted octanol–water partition coefficient (Wildman–Crippen LogP) is 1.23. The number of ether oxygens (including phenoxy) is 1. The second-order valence-electron chi connectivity index (χ2n) is 4.44. The molecule has 1 fully saturated rings. The number of hydrogen-bond donors (Lipinski definition) is 2. The molecule has 0 aromatic heterocycles. The van der Waals surface area contributed by atoms with Crippen molar-refractivity contribution < 1.29 is 9.53 Å². The van der Waals surface area contributed by atoms with Crippen molar-refractivity contribution in [3.63, 3.8) is 0 Å². The number of thiocarbonyl (C=S) groups is 1. The number of rotatable bonds is 4. The number of methoxy groups -OCH3 is 1. The summed E-state index contributed by atoms with van der Waals surface area (Å²) in [6.45, 7) is 0. The largest absolute Gasteiger partial charge is 0.389 e. The smallest absolute Gasteiger partial charge is 0.251 e. The number of amides is 1. The first kappa shape index (κ1) is 13.0. The molecule has 0 atom stereocenters. The fraction of sp³-hybridized carbons (Fsp3) is 0.385. The summed E-state index contributed by atoms with van der Waals surface area (Å²) in [4.78, 5) is 12.3. The Morgan fingerprint density at radius 3 is 2.72 bits per heavy atom. The molecule has 0 saturated heterocycles. The molecule has 0 spiro atoms. The molecule has 0 bridgehead atoms. The van der Waals surface area contributed by atoms with Gasteiger partial charge in [0, 0.05) is 24.3 Å². The van der Waals surface area contributed by atoms with E-state index >= 15 is 0 Å². The third-order valence-electron chi connectivity index (χ3n) is 3.17. The molecule has 1 saturated carbocycles. The molecule has 0 radical (unpaired) electrons. The van der Waals surface area contributed by atoms with Gasteiger partial charge in [-0.2, -0.15) is 0 Å². The van der Waals surface area contributed by atoms with Gasteiger partial charge in [-0.1, -0.05) is 24.4 Å². The number of hydrogen-bond acceptors (Lipinski definition) is 3. The van der Waals surface area contributed by atoms with Crippen molar-refractivity contribution in [3.05, 3.63) is 35.4 Å². The van der Waals surface area contributed by atoms with Crippen LogP contribution >= 0.6 is 12.2 Å². The minimum atomic E-state index is -0.0901. The fourth-order valence-electron chi connectivity index (χ4n) is 1.96. The monoisotopic (exact) mass is 264 g/mol. The summed E-state index contributed by atoms with van der Waals surface area (Å²) < 4.78 is 5.17. The topological polar surface area (TPSA) is 64.3 Å². The van der Waals surface area contributed by atoms with Crippen LogP contribution in [0.4, 0.5) is 0 Å². The third-order valence-corrected chi connectivity index (χ3v) is 3.41. The minimum absolute atomic E-state index is 0.0901. The van der Waals surface area contributed by atoms with Gasteiger partial charge < -0.3 is 15.8 Å². The first-order valence-corrected chi connectivity index (χ1v) is 6.24. The van der Waals surface area contributed by atoms with E-state index in [2.05, 4.69) is 5.32 Å². The Morgan fingerprint density at radius 2 is 2.11 bits per heavy atom. The first-order valence-electron chi connectivity index (χ1n) is 5.83.